The van der Waals surface area contributed by atoms with E-state index in [1.165, 1.54) is 4.88 Å². The largest absolute Gasteiger partial charge is 0.329 e. The molecule has 0 aliphatic heterocycles. The van der Waals surface area contributed by atoms with Gasteiger partial charge in [-0.05, 0) is 36.7 Å². The fourth-order valence-corrected chi connectivity index (χ4v) is 3.16. The molecule has 0 spiro atoms. The summed E-state index contributed by atoms with van der Waals surface area (Å²) in [5.41, 5.74) is 2.09. The first-order valence-electron chi connectivity index (χ1n) is 5.35. The normalized spacial score (nSPS) is 13.0. The Morgan fingerprint density at radius 3 is 3.12 bits per heavy atom. The van der Waals surface area contributed by atoms with Crippen LogP contribution in [0.1, 0.15) is 17.8 Å². The first-order valence-corrected chi connectivity index (χ1v) is 6.64. The number of nitrogens with zero attached hydrogens (tertiary/aromatic N) is 2. The summed E-state index contributed by atoms with van der Waals surface area (Å²) in [6.45, 7) is 2.16. The lowest BCUT2D eigenvalue weighted by atomic mass is 10.2. The highest BCUT2D eigenvalue weighted by Crippen LogP contribution is 2.26. The van der Waals surface area contributed by atoms with E-state index in [4.69, 9.17) is 12.2 Å². The molecule has 3 rings (SSSR count). The molecule has 0 aliphatic carbocycles. The van der Waals surface area contributed by atoms with Crippen LogP contribution in [0.3, 0.4) is 0 Å². The zero-order valence-electron chi connectivity index (χ0n) is 9.25. The molecule has 5 heteroatoms. The Kier molecular flexibility index (Phi) is 2.57. The second kappa shape index (κ2) is 4.09. The van der Waals surface area contributed by atoms with Crippen LogP contribution >= 0.6 is 23.6 Å². The Bertz CT molecular complexity index is 694. The van der Waals surface area contributed by atoms with Crippen LogP contribution in [0.4, 0.5) is 0 Å². The first-order chi connectivity index (χ1) is 8.27. The summed E-state index contributed by atoms with van der Waals surface area (Å²) in [7, 11) is 0. The number of fused-ring (bicyclic) bond motifs is 1. The minimum Gasteiger partial charge on any atom is -0.329 e. The summed E-state index contributed by atoms with van der Waals surface area (Å²) < 4.78 is 2.88. The third-order valence-electron chi connectivity index (χ3n) is 2.86. The Hall–Kier alpha value is -1.46. The SMILES string of the molecule is CC(c1cccs1)n1c(=S)[nH]c2cnccc21. The molecule has 0 bridgehead atoms. The van der Waals surface area contributed by atoms with E-state index in [-0.39, 0.29) is 6.04 Å². The minimum absolute atomic E-state index is 0.249. The van der Waals surface area contributed by atoms with Gasteiger partial charge in [0.2, 0.25) is 0 Å². The number of nitrogens with one attached hydrogen (secondary N) is 1. The number of imidazole rings is 1. The van der Waals surface area contributed by atoms with Crippen molar-refractivity contribution in [3.8, 4) is 0 Å². The van der Waals surface area contributed by atoms with Crippen molar-refractivity contribution < 1.29 is 0 Å². The molecule has 0 fully saturated rings. The summed E-state index contributed by atoms with van der Waals surface area (Å²) in [5.74, 6) is 0. The van der Waals surface area contributed by atoms with Crippen molar-refractivity contribution in [2.45, 2.75) is 13.0 Å². The average Bonchev–Trinajstić information content (AvgIpc) is 2.94. The van der Waals surface area contributed by atoms with Crippen molar-refractivity contribution in [1.82, 2.24) is 14.5 Å². The van der Waals surface area contributed by atoms with E-state index < -0.39 is 0 Å². The number of hydrogen-bond donors (Lipinski definition) is 1. The zero-order chi connectivity index (χ0) is 11.8. The van der Waals surface area contributed by atoms with Gasteiger partial charge in [-0.1, -0.05) is 6.07 Å². The maximum atomic E-state index is 5.39. The van der Waals surface area contributed by atoms with Gasteiger partial charge in [-0.3, -0.25) is 4.98 Å². The van der Waals surface area contributed by atoms with Crippen molar-refractivity contribution in [2.75, 3.05) is 0 Å². The topological polar surface area (TPSA) is 33.6 Å². The van der Waals surface area contributed by atoms with Crippen molar-refractivity contribution in [2.24, 2.45) is 0 Å². The van der Waals surface area contributed by atoms with E-state index in [9.17, 15) is 0 Å². The number of pyridine rings is 1. The summed E-state index contributed by atoms with van der Waals surface area (Å²) in [4.78, 5) is 8.60. The minimum atomic E-state index is 0.249. The highest BCUT2D eigenvalue weighted by molar-refractivity contribution is 7.71. The smallest absolute Gasteiger partial charge is 0.178 e. The molecule has 17 heavy (non-hydrogen) atoms. The Morgan fingerprint density at radius 2 is 2.35 bits per heavy atom. The van der Waals surface area contributed by atoms with Gasteiger partial charge in [-0.25, -0.2) is 0 Å². The van der Waals surface area contributed by atoms with Crippen molar-refractivity contribution in [3.63, 3.8) is 0 Å². The molecule has 0 saturated heterocycles. The van der Waals surface area contributed by atoms with Crippen LogP contribution in [-0.4, -0.2) is 14.5 Å². The fourth-order valence-electron chi connectivity index (χ4n) is 2.02. The Morgan fingerprint density at radius 1 is 1.47 bits per heavy atom. The maximum Gasteiger partial charge on any atom is 0.178 e. The van der Waals surface area contributed by atoms with Crippen LogP contribution in [0, 0.1) is 4.77 Å². The number of H-pyrrole nitrogens is 1. The lowest BCUT2D eigenvalue weighted by Crippen LogP contribution is -2.04. The quantitative estimate of drug-likeness (QED) is 0.712. The van der Waals surface area contributed by atoms with E-state index in [2.05, 4.69) is 39.0 Å². The number of hydrogen-bond acceptors (Lipinski definition) is 3. The summed E-state index contributed by atoms with van der Waals surface area (Å²) in [6.07, 6.45) is 3.60. The lowest BCUT2D eigenvalue weighted by molar-refractivity contribution is 0.660. The van der Waals surface area contributed by atoms with Crippen molar-refractivity contribution in [1.29, 1.82) is 0 Å². The molecule has 3 aromatic heterocycles. The van der Waals surface area contributed by atoms with Gasteiger partial charge in [0.15, 0.2) is 4.77 Å². The Balaban J connectivity index is 2.23. The molecule has 3 aromatic rings. The highest BCUT2D eigenvalue weighted by Gasteiger charge is 2.13. The molecule has 86 valence electrons. The van der Waals surface area contributed by atoms with E-state index in [0.29, 0.717) is 0 Å². The third kappa shape index (κ3) is 1.71. The Labute approximate surface area is 108 Å². The fraction of sp³-hybridized carbons (Fsp3) is 0.167. The van der Waals surface area contributed by atoms with Gasteiger partial charge in [0.05, 0.1) is 23.3 Å². The molecular weight excluding hydrogens is 250 g/mol. The van der Waals surface area contributed by atoms with Gasteiger partial charge in [-0.2, -0.15) is 0 Å². The number of aromatic amines is 1. The van der Waals surface area contributed by atoms with E-state index >= 15 is 0 Å². The van der Waals surface area contributed by atoms with Crippen LogP contribution < -0.4 is 0 Å². The number of rotatable bonds is 2. The van der Waals surface area contributed by atoms with Crippen molar-refractivity contribution in [3.05, 3.63) is 45.6 Å². The number of aromatic nitrogens is 3. The lowest BCUT2D eigenvalue weighted by Gasteiger charge is -2.12. The summed E-state index contributed by atoms with van der Waals surface area (Å²) in [5, 5.41) is 2.09. The average molecular weight is 261 g/mol. The van der Waals surface area contributed by atoms with E-state index in [1.54, 1.807) is 17.5 Å². The van der Waals surface area contributed by atoms with Gasteiger partial charge in [-0.15, -0.1) is 11.3 Å². The molecule has 0 aromatic carbocycles. The molecule has 1 atom stereocenters. The van der Waals surface area contributed by atoms with Crippen LogP contribution in [-0.2, 0) is 0 Å². The van der Waals surface area contributed by atoms with E-state index in [1.807, 2.05) is 12.3 Å². The molecule has 3 heterocycles. The monoisotopic (exact) mass is 261 g/mol. The maximum absolute atomic E-state index is 5.39. The van der Waals surface area contributed by atoms with Crippen LogP contribution in [0.5, 0.6) is 0 Å². The zero-order valence-corrected chi connectivity index (χ0v) is 10.9. The predicted molar refractivity (Wildman–Crippen MR) is 73.0 cm³/mol. The summed E-state index contributed by atoms with van der Waals surface area (Å²) >= 11 is 7.14. The van der Waals surface area contributed by atoms with Gasteiger partial charge < -0.3 is 9.55 Å². The highest BCUT2D eigenvalue weighted by atomic mass is 32.1. The third-order valence-corrected chi connectivity index (χ3v) is 4.20. The molecule has 3 nitrogen and oxygen atoms in total. The van der Waals surface area contributed by atoms with Gasteiger partial charge >= 0.3 is 0 Å². The van der Waals surface area contributed by atoms with E-state index in [0.717, 1.165) is 15.8 Å². The molecule has 0 amide bonds. The molecule has 1 N–H and O–H groups in total. The summed E-state index contributed by atoms with van der Waals surface area (Å²) in [6, 6.07) is 6.44. The first kappa shape index (κ1) is 10.7. The molecule has 1 unspecified atom stereocenters. The van der Waals surface area contributed by atoms with Crippen LogP contribution in [0.15, 0.2) is 36.0 Å². The number of thiophene rings is 1. The standard InChI is InChI=1S/C12H11N3S2/c1-8(11-3-2-6-17-11)15-10-4-5-13-7-9(10)14-12(15)16/h2-8H,1H3,(H,14,16). The van der Waals surface area contributed by atoms with Crippen LogP contribution in [0.2, 0.25) is 0 Å². The van der Waals surface area contributed by atoms with Crippen LogP contribution in [0.25, 0.3) is 11.0 Å². The second-order valence-electron chi connectivity index (χ2n) is 3.88. The predicted octanol–water partition coefficient (Wildman–Crippen LogP) is 3.76. The van der Waals surface area contributed by atoms with Gasteiger partial charge in [0.1, 0.15) is 0 Å². The molecule has 0 radical (unpaired) electrons. The second-order valence-corrected chi connectivity index (χ2v) is 5.25. The molecular formula is C12H11N3S2. The molecule has 0 saturated carbocycles. The molecule has 0 aliphatic rings. The van der Waals surface area contributed by atoms with Crippen molar-refractivity contribution >= 4 is 34.6 Å². The van der Waals surface area contributed by atoms with Gasteiger partial charge in [0, 0.05) is 11.1 Å². The van der Waals surface area contributed by atoms with Gasteiger partial charge in [0.25, 0.3) is 0 Å².